The van der Waals surface area contributed by atoms with Crippen molar-refractivity contribution in [1.82, 2.24) is 4.90 Å². The Morgan fingerprint density at radius 2 is 1.62 bits per heavy atom. The van der Waals surface area contributed by atoms with E-state index in [1.165, 1.54) is 0 Å². The van der Waals surface area contributed by atoms with Crippen LogP contribution in [0, 0.1) is 0 Å². The summed E-state index contributed by atoms with van der Waals surface area (Å²) in [5, 5.41) is 0. The average Bonchev–Trinajstić information content (AvgIpc) is 2.62. The number of likely N-dealkylation sites (N-methyl/N-ethyl adjacent to an activating group) is 1. The monoisotopic (exact) mass is 327 g/mol. The molecule has 2 aromatic carbocycles. The van der Waals surface area contributed by atoms with Crippen molar-refractivity contribution in [2.75, 3.05) is 28.3 Å². The van der Waals surface area contributed by atoms with Crippen LogP contribution in [-0.2, 0) is 5.54 Å². The Labute approximate surface area is 144 Å². The molecule has 0 bridgehead atoms. The third-order valence-electron chi connectivity index (χ3n) is 4.55. The molecule has 2 aromatic rings. The van der Waals surface area contributed by atoms with Crippen LogP contribution in [0.3, 0.4) is 0 Å². The maximum Gasteiger partial charge on any atom is 0.187 e. The second kappa shape index (κ2) is 7.49. The fraction of sp³-hybridized carbons (Fsp3) is 0.350. The first-order chi connectivity index (χ1) is 11.5. The van der Waals surface area contributed by atoms with Gasteiger partial charge in [-0.2, -0.15) is 0 Å². The summed E-state index contributed by atoms with van der Waals surface area (Å²) in [5.41, 5.74) is 0.866. The van der Waals surface area contributed by atoms with Crippen molar-refractivity contribution in [3.63, 3.8) is 0 Å². The third kappa shape index (κ3) is 3.02. The summed E-state index contributed by atoms with van der Waals surface area (Å²) >= 11 is 0. The van der Waals surface area contributed by atoms with Crippen LogP contribution in [0.2, 0.25) is 0 Å². The molecule has 128 valence electrons. The molecule has 4 nitrogen and oxygen atoms in total. The highest BCUT2D eigenvalue weighted by Crippen LogP contribution is 2.36. The van der Waals surface area contributed by atoms with Gasteiger partial charge >= 0.3 is 0 Å². The Balaban J connectivity index is 2.58. The van der Waals surface area contributed by atoms with E-state index in [4.69, 9.17) is 9.47 Å². The Morgan fingerprint density at radius 1 is 1.00 bits per heavy atom. The van der Waals surface area contributed by atoms with Crippen LogP contribution in [0.1, 0.15) is 29.3 Å². The number of rotatable bonds is 7. The Morgan fingerprint density at radius 3 is 2.12 bits per heavy atom. The fourth-order valence-corrected chi connectivity index (χ4v) is 3.20. The molecule has 2 rings (SSSR count). The SMILES string of the molecule is CCC(C(=O)c1ccc(OC)c(OC)c1)(c1ccccc1)N(C)C. The van der Waals surface area contributed by atoms with Crippen molar-refractivity contribution >= 4 is 5.78 Å². The number of carbonyl (C=O) groups is 1. The first-order valence-electron chi connectivity index (χ1n) is 8.01. The molecule has 0 N–H and O–H groups in total. The smallest absolute Gasteiger partial charge is 0.187 e. The highest BCUT2D eigenvalue weighted by molar-refractivity contribution is 6.04. The zero-order valence-electron chi connectivity index (χ0n) is 15.0. The predicted molar refractivity (Wildman–Crippen MR) is 96.0 cm³/mol. The van der Waals surface area contributed by atoms with Crippen molar-refractivity contribution in [1.29, 1.82) is 0 Å². The van der Waals surface area contributed by atoms with Crippen molar-refractivity contribution in [3.05, 3.63) is 59.7 Å². The molecule has 0 aliphatic heterocycles. The number of ether oxygens (including phenoxy) is 2. The van der Waals surface area contributed by atoms with Crippen LogP contribution in [0.5, 0.6) is 11.5 Å². The second-order valence-corrected chi connectivity index (χ2v) is 5.87. The van der Waals surface area contributed by atoms with Crippen molar-refractivity contribution < 1.29 is 14.3 Å². The second-order valence-electron chi connectivity index (χ2n) is 5.87. The topological polar surface area (TPSA) is 38.8 Å². The summed E-state index contributed by atoms with van der Waals surface area (Å²) in [6.07, 6.45) is 0.664. The van der Waals surface area contributed by atoms with Crippen LogP contribution in [0.15, 0.2) is 48.5 Å². The number of carbonyl (C=O) groups excluding carboxylic acids is 1. The minimum Gasteiger partial charge on any atom is -0.493 e. The van der Waals surface area contributed by atoms with Crippen LogP contribution in [0.25, 0.3) is 0 Å². The molecule has 0 saturated heterocycles. The van der Waals surface area contributed by atoms with Crippen molar-refractivity contribution in [2.24, 2.45) is 0 Å². The van der Waals surface area contributed by atoms with Gasteiger partial charge in [0.05, 0.1) is 14.2 Å². The Hall–Kier alpha value is -2.33. The molecule has 0 amide bonds. The lowest BCUT2D eigenvalue weighted by Gasteiger charge is -2.38. The average molecular weight is 327 g/mol. The predicted octanol–water partition coefficient (Wildman–Crippen LogP) is 3.75. The van der Waals surface area contributed by atoms with Crippen LogP contribution >= 0.6 is 0 Å². The van der Waals surface area contributed by atoms with Gasteiger partial charge in [0.15, 0.2) is 17.3 Å². The normalized spacial score (nSPS) is 13.4. The van der Waals surface area contributed by atoms with Gasteiger partial charge in [0.25, 0.3) is 0 Å². The van der Waals surface area contributed by atoms with Crippen LogP contribution < -0.4 is 9.47 Å². The van der Waals surface area contributed by atoms with E-state index in [0.717, 1.165) is 5.56 Å². The number of Topliss-reactive ketones (excluding diaryl/α,β-unsaturated/α-hetero) is 1. The van der Waals surface area contributed by atoms with E-state index >= 15 is 0 Å². The van der Waals surface area contributed by atoms with Gasteiger partial charge in [-0.3, -0.25) is 9.69 Å². The fourth-order valence-electron chi connectivity index (χ4n) is 3.20. The first-order valence-corrected chi connectivity index (χ1v) is 8.01. The maximum atomic E-state index is 13.5. The molecule has 1 atom stereocenters. The molecule has 0 fully saturated rings. The van der Waals surface area contributed by atoms with E-state index in [9.17, 15) is 4.79 Å². The molecular formula is C20H25NO3. The van der Waals surface area contributed by atoms with E-state index in [0.29, 0.717) is 23.5 Å². The summed E-state index contributed by atoms with van der Waals surface area (Å²) in [7, 11) is 7.03. The molecular weight excluding hydrogens is 302 g/mol. The lowest BCUT2D eigenvalue weighted by molar-refractivity contribution is 0.0660. The van der Waals surface area contributed by atoms with E-state index < -0.39 is 5.54 Å². The van der Waals surface area contributed by atoms with Gasteiger partial charge in [-0.25, -0.2) is 0 Å². The van der Waals surface area contributed by atoms with Gasteiger partial charge in [0.1, 0.15) is 5.54 Å². The van der Waals surface area contributed by atoms with E-state index in [1.807, 2.05) is 56.3 Å². The van der Waals surface area contributed by atoms with E-state index in [1.54, 1.807) is 32.4 Å². The van der Waals surface area contributed by atoms with Gasteiger partial charge in [0.2, 0.25) is 0 Å². The zero-order valence-corrected chi connectivity index (χ0v) is 15.0. The zero-order chi connectivity index (χ0) is 17.7. The van der Waals surface area contributed by atoms with Gasteiger partial charge in [-0.1, -0.05) is 37.3 Å². The number of ketones is 1. The standard InChI is InChI=1S/C20H25NO3/c1-6-20(21(2)3,16-10-8-7-9-11-16)19(22)15-12-13-17(23-4)18(14-15)24-5/h7-14H,6H2,1-5H3. The van der Waals surface area contributed by atoms with Crippen LogP contribution in [-0.4, -0.2) is 39.0 Å². The van der Waals surface area contributed by atoms with Gasteiger partial charge in [0, 0.05) is 5.56 Å². The first kappa shape index (κ1) is 18.0. The third-order valence-corrected chi connectivity index (χ3v) is 4.55. The number of benzene rings is 2. The van der Waals surface area contributed by atoms with Crippen molar-refractivity contribution in [3.8, 4) is 11.5 Å². The minimum atomic E-state index is -0.721. The number of hydrogen-bond acceptors (Lipinski definition) is 4. The Bertz CT molecular complexity index is 697. The molecule has 0 aromatic heterocycles. The van der Waals surface area contributed by atoms with Gasteiger partial charge in [-0.15, -0.1) is 0 Å². The van der Waals surface area contributed by atoms with E-state index in [-0.39, 0.29) is 5.78 Å². The minimum absolute atomic E-state index is 0.0437. The summed E-state index contributed by atoms with van der Waals surface area (Å²) in [5.74, 6) is 1.21. The molecule has 24 heavy (non-hydrogen) atoms. The van der Waals surface area contributed by atoms with Crippen LogP contribution in [0.4, 0.5) is 0 Å². The molecule has 0 aliphatic carbocycles. The maximum absolute atomic E-state index is 13.5. The highest BCUT2D eigenvalue weighted by atomic mass is 16.5. The quantitative estimate of drug-likeness (QED) is 0.726. The Kier molecular flexibility index (Phi) is 5.62. The number of methoxy groups -OCH3 is 2. The van der Waals surface area contributed by atoms with Gasteiger partial charge in [-0.05, 0) is 44.3 Å². The molecule has 0 spiro atoms. The lowest BCUT2D eigenvalue weighted by atomic mass is 9.79. The molecule has 0 aliphatic rings. The van der Waals surface area contributed by atoms with Gasteiger partial charge < -0.3 is 9.47 Å². The molecule has 0 saturated carbocycles. The molecule has 0 heterocycles. The molecule has 0 radical (unpaired) electrons. The summed E-state index contributed by atoms with van der Waals surface area (Å²) in [6, 6.07) is 15.2. The number of hydrogen-bond donors (Lipinski definition) is 0. The summed E-state index contributed by atoms with van der Waals surface area (Å²) in [6.45, 7) is 2.03. The molecule has 4 heteroatoms. The summed E-state index contributed by atoms with van der Waals surface area (Å²) < 4.78 is 10.6. The van der Waals surface area contributed by atoms with Crippen molar-refractivity contribution in [2.45, 2.75) is 18.9 Å². The molecule has 1 unspecified atom stereocenters. The highest BCUT2D eigenvalue weighted by Gasteiger charge is 2.41. The summed E-state index contributed by atoms with van der Waals surface area (Å²) in [4.78, 5) is 15.5. The number of nitrogens with zero attached hydrogens (tertiary/aromatic N) is 1. The largest absolute Gasteiger partial charge is 0.493 e. The van der Waals surface area contributed by atoms with E-state index in [2.05, 4.69) is 0 Å². The lowest BCUT2D eigenvalue weighted by Crippen LogP contribution is -2.48.